The molecule has 15 heavy (non-hydrogen) atoms. The van der Waals surface area contributed by atoms with Crippen LogP contribution in [-0.4, -0.2) is 35.2 Å². The molecule has 1 saturated heterocycles. The molecule has 1 aliphatic rings. The summed E-state index contributed by atoms with van der Waals surface area (Å²) in [6, 6.07) is -0.0207. The number of hydrogen-bond acceptors (Lipinski definition) is 5. The van der Waals surface area contributed by atoms with E-state index in [-0.39, 0.29) is 11.9 Å². The van der Waals surface area contributed by atoms with E-state index < -0.39 is 0 Å². The van der Waals surface area contributed by atoms with Gasteiger partial charge in [-0.05, 0) is 19.4 Å². The third-order valence-corrected chi connectivity index (χ3v) is 2.42. The van der Waals surface area contributed by atoms with Gasteiger partial charge in [0.2, 0.25) is 11.8 Å². The van der Waals surface area contributed by atoms with Crippen LogP contribution in [0.4, 0.5) is 0 Å². The van der Waals surface area contributed by atoms with Gasteiger partial charge >= 0.3 is 0 Å². The number of nitrogens with zero attached hydrogens (tertiary/aromatic N) is 2. The molecule has 2 N–H and O–H groups in total. The number of nitrogens with one attached hydrogen (secondary N) is 2. The van der Waals surface area contributed by atoms with Crippen LogP contribution >= 0.6 is 0 Å². The van der Waals surface area contributed by atoms with Gasteiger partial charge in [-0.25, -0.2) is 0 Å². The molecule has 1 aliphatic heterocycles. The maximum Gasteiger partial charge on any atom is 0.237 e. The molecular weight excluding hydrogens is 196 g/mol. The SMILES string of the molecule is O=C(NCCc1ncno1)C1CCCN1. The number of hydrogen-bond donors (Lipinski definition) is 2. The predicted molar refractivity (Wildman–Crippen MR) is 52.0 cm³/mol. The van der Waals surface area contributed by atoms with Crippen molar-refractivity contribution in [3.05, 3.63) is 12.2 Å². The van der Waals surface area contributed by atoms with E-state index in [1.54, 1.807) is 0 Å². The predicted octanol–water partition coefficient (Wildman–Crippen LogP) is -0.520. The third kappa shape index (κ3) is 2.76. The Balaban J connectivity index is 1.67. The Labute approximate surface area is 87.4 Å². The molecule has 1 unspecified atom stereocenters. The molecule has 2 rings (SSSR count). The van der Waals surface area contributed by atoms with Gasteiger partial charge in [-0.1, -0.05) is 5.16 Å². The van der Waals surface area contributed by atoms with Crippen LogP contribution in [0, 0.1) is 0 Å². The minimum absolute atomic E-state index is 0.0207. The average molecular weight is 210 g/mol. The lowest BCUT2D eigenvalue weighted by atomic mass is 10.2. The van der Waals surface area contributed by atoms with Crippen molar-refractivity contribution < 1.29 is 9.32 Å². The van der Waals surface area contributed by atoms with Gasteiger partial charge in [-0.2, -0.15) is 4.98 Å². The van der Waals surface area contributed by atoms with Gasteiger partial charge in [0, 0.05) is 13.0 Å². The molecule has 6 heteroatoms. The van der Waals surface area contributed by atoms with Crippen LogP contribution in [0.15, 0.2) is 10.9 Å². The molecule has 1 fully saturated rings. The van der Waals surface area contributed by atoms with Gasteiger partial charge < -0.3 is 15.2 Å². The van der Waals surface area contributed by atoms with Crippen molar-refractivity contribution in [3.63, 3.8) is 0 Å². The third-order valence-electron chi connectivity index (χ3n) is 2.42. The van der Waals surface area contributed by atoms with Crippen molar-refractivity contribution in [2.75, 3.05) is 13.1 Å². The number of carbonyl (C=O) groups excluding carboxylic acids is 1. The van der Waals surface area contributed by atoms with Crippen LogP contribution in [0.3, 0.4) is 0 Å². The molecule has 1 amide bonds. The zero-order valence-electron chi connectivity index (χ0n) is 8.40. The monoisotopic (exact) mass is 210 g/mol. The maximum absolute atomic E-state index is 11.5. The first-order chi connectivity index (χ1) is 7.36. The highest BCUT2D eigenvalue weighted by Gasteiger charge is 2.21. The van der Waals surface area contributed by atoms with Crippen molar-refractivity contribution in [2.24, 2.45) is 0 Å². The summed E-state index contributed by atoms with van der Waals surface area (Å²) >= 11 is 0. The van der Waals surface area contributed by atoms with E-state index in [0.29, 0.717) is 18.9 Å². The first kappa shape index (κ1) is 10.1. The lowest BCUT2D eigenvalue weighted by molar-refractivity contribution is -0.122. The van der Waals surface area contributed by atoms with Crippen LogP contribution in [0.2, 0.25) is 0 Å². The van der Waals surface area contributed by atoms with Crippen LogP contribution in [0.5, 0.6) is 0 Å². The van der Waals surface area contributed by atoms with E-state index in [4.69, 9.17) is 4.52 Å². The van der Waals surface area contributed by atoms with E-state index in [1.807, 2.05) is 0 Å². The van der Waals surface area contributed by atoms with E-state index in [1.165, 1.54) is 6.33 Å². The van der Waals surface area contributed by atoms with Gasteiger partial charge in [0.1, 0.15) is 0 Å². The molecule has 6 nitrogen and oxygen atoms in total. The van der Waals surface area contributed by atoms with Crippen molar-refractivity contribution in [3.8, 4) is 0 Å². The average Bonchev–Trinajstić information content (AvgIpc) is 2.90. The summed E-state index contributed by atoms with van der Waals surface area (Å²) in [7, 11) is 0. The topological polar surface area (TPSA) is 80.1 Å². The lowest BCUT2D eigenvalue weighted by Gasteiger charge is -2.09. The first-order valence-electron chi connectivity index (χ1n) is 5.13. The molecule has 0 bridgehead atoms. The second kappa shape index (κ2) is 4.88. The molecule has 0 spiro atoms. The van der Waals surface area contributed by atoms with Gasteiger partial charge in [0.05, 0.1) is 6.04 Å². The minimum atomic E-state index is -0.0207. The molecule has 0 aliphatic carbocycles. The molecule has 0 aromatic carbocycles. The highest BCUT2D eigenvalue weighted by Crippen LogP contribution is 2.04. The molecule has 1 atom stereocenters. The van der Waals surface area contributed by atoms with Crippen LogP contribution in [-0.2, 0) is 11.2 Å². The van der Waals surface area contributed by atoms with E-state index in [9.17, 15) is 4.79 Å². The highest BCUT2D eigenvalue weighted by atomic mass is 16.5. The Morgan fingerprint density at radius 2 is 2.67 bits per heavy atom. The van der Waals surface area contributed by atoms with Crippen molar-refractivity contribution >= 4 is 5.91 Å². The van der Waals surface area contributed by atoms with Crippen LogP contribution in [0.25, 0.3) is 0 Å². The Bertz CT molecular complexity index is 306. The van der Waals surface area contributed by atoms with Gasteiger partial charge in [0.25, 0.3) is 0 Å². The zero-order chi connectivity index (χ0) is 10.5. The quantitative estimate of drug-likeness (QED) is 0.699. The number of amides is 1. The summed E-state index contributed by atoms with van der Waals surface area (Å²) in [5.41, 5.74) is 0. The summed E-state index contributed by atoms with van der Waals surface area (Å²) in [5.74, 6) is 0.613. The fraction of sp³-hybridized carbons (Fsp3) is 0.667. The summed E-state index contributed by atoms with van der Waals surface area (Å²) in [5, 5.41) is 9.46. The number of carbonyl (C=O) groups is 1. The Morgan fingerprint density at radius 1 is 1.73 bits per heavy atom. The van der Waals surface area contributed by atoms with E-state index in [2.05, 4.69) is 20.8 Å². The van der Waals surface area contributed by atoms with Crippen molar-refractivity contribution in [1.82, 2.24) is 20.8 Å². The first-order valence-corrected chi connectivity index (χ1v) is 5.13. The highest BCUT2D eigenvalue weighted by molar-refractivity contribution is 5.81. The second-order valence-electron chi connectivity index (χ2n) is 3.52. The fourth-order valence-electron chi connectivity index (χ4n) is 1.63. The zero-order valence-corrected chi connectivity index (χ0v) is 8.40. The molecule has 0 radical (unpaired) electrons. The Kier molecular flexibility index (Phi) is 3.29. The van der Waals surface area contributed by atoms with Gasteiger partial charge in [0.15, 0.2) is 6.33 Å². The van der Waals surface area contributed by atoms with Crippen molar-refractivity contribution in [2.45, 2.75) is 25.3 Å². The fourth-order valence-corrected chi connectivity index (χ4v) is 1.63. The van der Waals surface area contributed by atoms with Crippen LogP contribution < -0.4 is 10.6 Å². The molecule has 0 saturated carbocycles. The maximum atomic E-state index is 11.5. The molecular formula is C9H14N4O2. The molecule has 1 aromatic heterocycles. The normalized spacial score (nSPS) is 20.4. The summed E-state index contributed by atoms with van der Waals surface area (Å²) in [6.07, 6.45) is 3.93. The smallest absolute Gasteiger partial charge is 0.237 e. The summed E-state index contributed by atoms with van der Waals surface area (Å²) in [6.45, 7) is 1.47. The molecule has 82 valence electrons. The standard InChI is InChI=1S/C9H14N4O2/c14-9(7-2-1-4-10-7)11-5-3-8-12-6-13-15-8/h6-7,10H,1-5H2,(H,11,14). The number of rotatable bonds is 4. The summed E-state index contributed by atoms with van der Waals surface area (Å²) < 4.78 is 4.81. The van der Waals surface area contributed by atoms with Crippen LogP contribution in [0.1, 0.15) is 18.7 Å². The minimum Gasteiger partial charge on any atom is -0.354 e. The van der Waals surface area contributed by atoms with Gasteiger partial charge in [-0.15, -0.1) is 0 Å². The largest absolute Gasteiger partial charge is 0.354 e. The van der Waals surface area contributed by atoms with E-state index >= 15 is 0 Å². The Hall–Kier alpha value is -1.43. The lowest BCUT2D eigenvalue weighted by Crippen LogP contribution is -2.41. The van der Waals surface area contributed by atoms with E-state index in [0.717, 1.165) is 19.4 Å². The number of aromatic nitrogens is 2. The summed E-state index contributed by atoms with van der Waals surface area (Å²) in [4.78, 5) is 15.4. The molecule has 2 heterocycles. The molecule has 1 aromatic rings. The Morgan fingerprint density at radius 3 is 3.33 bits per heavy atom. The van der Waals surface area contributed by atoms with Crippen molar-refractivity contribution in [1.29, 1.82) is 0 Å². The van der Waals surface area contributed by atoms with Gasteiger partial charge in [-0.3, -0.25) is 4.79 Å². The second-order valence-corrected chi connectivity index (χ2v) is 3.52.